The van der Waals surface area contributed by atoms with Crippen LogP contribution in [0.4, 0.5) is 0 Å². The predicted molar refractivity (Wildman–Crippen MR) is 53.0 cm³/mol. The third-order valence-electron chi connectivity index (χ3n) is 3.19. The molecule has 4 atom stereocenters. The second-order valence-electron chi connectivity index (χ2n) is 3.77. The first kappa shape index (κ1) is 14.0. The summed E-state index contributed by atoms with van der Waals surface area (Å²) in [5, 5.41) is 2.04. The van der Waals surface area contributed by atoms with Gasteiger partial charge in [0, 0.05) is 65.4 Å². The average molecular weight is 363 g/mol. The van der Waals surface area contributed by atoms with Crippen LogP contribution in [-0.4, -0.2) is 22.0 Å². The minimum atomic E-state index is 0. The van der Waals surface area contributed by atoms with Gasteiger partial charge in [-0.05, 0) is 22.0 Å². The summed E-state index contributed by atoms with van der Waals surface area (Å²) in [6.45, 7) is 0. The Morgan fingerprint density at radius 3 is 1.77 bits per heavy atom. The maximum Gasteiger partial charge on any atom is 0 e. The van der Waals surface area contributed by atoms with Crippen LogP contribution >= 0.6 is 23.5 Å². The van der Waals surface area contributed by atoms with Gasteiger partial charge in [-0.1, -0.05) is 12.8 Å². The summed E-state index contributed by atoms with van der Waals surface area (Å²) >= 11 is 4.47. The molecule has 0 spiro atoms. The maximum atomic E-state index is 2.68. The summed E-state index contributed by atoms with van der Waals surface area (Å²) in [5.74, 6) is 4.86. The van der Waals surface area contributed by atoms with Crippen LogP contribution in [0.5, 0.6) is 0 Å². The van der Waals surface area contributed by atoms with Gasteiger partial charge in [0.1, 0.15) is 0 Å². The molecule has 1 aliphatic carbocycles. The van der Waals surface area contributed by atoms with E-state index in [0.29, 0.717) is 0 Å². The zero-order valence-corrected chi connectivity index (χ0v) is 15.0. The van der Waals surface area contributed by atoms with Gasteiger partial charge in [-0.15, -0.1) is 0 Å². The van der Waals surface area contributed by atoms with Crippen LogP contribution in [-0.2, 0) is 65.4 Å². The Morgan fingerprint density at radius 1 is 0.846 bits per heavy atom. The summed E-state index contributed by atoms with van der Waals surface area (Å²) in [5.41, 5.74) is 0. The van der Waals surface area contributed by atoms with Crippen LogP contribution in [0.1, 0.15) is 12.8 Å². The van der Waals surface area contributed by atoms with Gasteiger partial charge in [0.05, 0.1) is 0 Å². The van der Waals surface area contributed by atoms with Crippen molar-refractivity contribution in [2.75, 3.05) is 11.5 Å². The van der Waals surface area contributed by atoms with E-state index in [0.717, 1.165) is 22.3 Å². The van der Waals surface area contributed by atoms with Crippen LogP contribution in [0.2, 0.25) is 0 Å². The third-order valence-corrected chi connectivity index (χ3v) is 6.36. The molecule has 4 unspecified atom stereocenters. The Morgan fingerprint density at radius 2 is 1.31 bits per heavy atom. The SMILES string of the molecule is [CH-]1C2CCSC2C2SCCC12.[Y].[Y]. The van der Waals surface area contributed by atoms with Crippen LogP contribution in [0.25, 0.3) is 0 Å². The maximum absolute atomic E-state index is 2.68. The quantitative estimate of drug-likeness (QED) is 0.607. The van der Waals surface area contributed by atoms with Crippen LogP contribution in [0.15, 0.2) is 0 Å². The van der Waals surface area contributed by atoms with Crippen molar-refractivity contribution in [3.8, 4) is 0 Å². The van der Waals surface area contributed by atoms with Gasteiger partial charge >= 0.3 is 0 Å². The summed E-state index contributed by atoms with van der Waals surface area (Å²) in [6, 6.07) is 0. The smallest absolute Gasteiger partial charge is 0 e. The first-order chi connectivity index (χ1) is 5.45. The van der Waals surface area contributed by atoms with E-state index in [4.69, 9.17) is 0 Å². The summed E-state index contributed by atoms with van der Waals surface area (Å²) in [6.07, 6.45) is 5.63. The van der Waals surface area contributed by atoms with Crippen molar-refractivity contribution in [1.82, 2.24) is 0 Å². The Kier molecular flexibility index (Phi) is 6.46. The number of fused-ring (bicyclic) bond motifs is 3. The van der Waals surface area contributed by atoms with E-state index in [1.54, 1.807) is 0 Å². The van der Waals surface area contributed by atoms with E-state index < -0.39 is 0 Å². The van der Waals surface area contributed by atoms with Gasteiger partial charge in [-0.2, -0.15) is 35.4 Å². The van der Waals surface area contributed by atoms with Crippen molar-refractivity contribution in [1.29, 1.82) is 0 Å². The van der Waals surface area contributed by atoms with Gasteiger partial charge in [0.2, 0.25) is 0 Å². The monoisotopic (exact) mass is 363 g/mol. The van der Waals surface area contributed by atoms with E-state index in [9.17, 15) is 0 Å². The van der Waals surface area contributed by atoms with E-state index in [2.05, 4.69) is 29.9 Å². The Hall–Kier alpha value is 2.91. The molecular formula is C9H13S2Y2-. The number of rotatable bonds is 0. The van der Waals surface area contributed by atoms with Crippen molar-refractivity contribution in [3.63, 3.8) is 0 Å². The largest absolute Gasteiger partial charge is 0.320 e. The molecule has 4 heteroatoms. The molecule has 0 aromatic rings. The molecule has 0 bridgehead atoms. The predicted octanol–water partition coefficient (Wildman–Crippen LogP) is 2.44. The zero-order chi connectivity index (χ0) is 7.26. The standard InChI is InChI=1S/C9H13S2.2Y/c1-3-10-8-6(1)5-7-2-4-11-9(7)8;;/h5-9H,1-4H2;;/q-1;;. The average Bonchev–Trinajstić information content (AvgIpc) is 2.52. The molecule has 68 valence electrons. The van der Waals surface area contributed by atoms with E-state index >= 15 is 0 Å². The van der Waals surface area contributed by atoms with Crippen molar-refractivity contribution in [3.05, 3.63) is 6.42 Å². The molecule has 2 heterocycles. The molecule has 0 amide bonds. The van der Waals surface area contributed by atoms with E-state index in [-0.39, 0.29) is 65.4 Å². The molecule has 0 aromatic heterocycles. The number of thioether (sulfide) groups is 2. The van der Waals surface area contributed by atoms with Gasteiger partial charge < -0.3 is 6.42 Å². The molecular weight excluding hydrogens is 350 g/mol. The Balaban J connectivity index is 0.000000422. The molecule has 13 heavy (non-hydrogen) atoms. The Labute approximate surface area is 140 Å². The van der Waals surface area contributed by atoms with Gasteiger partial charge in [0.25, 0.3) is 0 Å². The fourth-order valence-corrected chi connectivity index (χ4v) is 6.23. The molecule has 1 saturated carbocycles. The third kappa shape index (κ3) is 2.60. The molecule has 2 radical (unpaired) electrons. The number of hydrogen-bond acceptors (Lipinski definition) is 2. The topological polar surface area (TPSA) is 0 Å². The number of hydrogen-bond donors (Lipinski definition) is 0. The fourth-order valence-electron chi connectivity index (χ4n) is 2.66. The molecule has 2 aliphatic heterocycles. The second kappa shape index (κ2) is 6.01. The van der Waals surface area contributed by atoms with Crippen molar-refractivity contribution < 1.29 is 65.4 Å². The van der Waals surface area contributed by atoms with Crippen molar-refractivity contribution in [2.45, 2.75) is 23.3 Å². The first-order valence-electron chi connectivity index (χ1n) is 4.53. The summed E-state index contributed by atoms with van der Waals surface area (Å²) in [7, 11) is 0. The normalized spacial score (nSPS) is 46.2. The van der Waals surface area contributed by atoms with E-state index in [1.165, 1.54) is 24.3 Å². The second-order valence-corrected chi connectivity index (χ2v) is 6.34. The van der Waals surface area contributed by atoms with Crippen LogP contribution in [0, 0.1) is 18.3 Å². The Bertz CT molecular complexity index is 159. The minimum absolute atomic E-state index is 0. The van der Waals surface area contributed by atoms with Crippen LogP contribution < -0.4 is 0 Å². The fraction of sp³-hybridized carbons (Fsp3) is 0.889. The van der Waals surface area contributed by atoms with Crippen molar-refractivity contribution in [2.24, 2.45) is 11.8 Å². The van der Waals surface area contributed by atoms with Gasteiger partial charge in [-0.25, -0.2) is 0 Å². The molecule has 0 N–H and O–H groups in total. The minimum Gasteiger partial charge on any atom is -0.320 e. The van der Waals surface area contributed by atoms with E-state index in [1.807, 2.05) is 0 Å². The van der Waals surface area contributed by atoms with Crippen molar-refractivity contribution >= 4 is 23.5 Å². The van der Waals surface area contributed by atoms with Crippen LogP contribution in [0.3, 0.4) is 0 Å². The molecule has 3 rings (SSSR count). The zero-order valence-electron chi connectivity index (χ0n) is 7.69. The summed E-state index contributed by atoms with van der Waals surface area (Å²) < 4.78 is 0. The molecule has 0 nitrogen and oxygen atoms in total. The molecule has 3 fully saturated rings. The molecule has 0 aromatic carbocycles. The molecule has 3 aliphatic rings. The van der Waals surface area contributed by atoms with Gasteiger partial charge in [-0.3, -0.25) is 0 Å². The first-order valence-corrected chi connectivity index (χ1v) is 6.63. The van der Waals surface area contributed by atoms with Gasteiger partial charge in [0.15, 0.2) is 0 Å². The summed E-state index contributed by atoms with van der Waals surface area (Å²) in [4.78, 5) is 0. The molecule has 2 saturated heterocycles.